The van der Waals surface area contributed by atoms with Crippen LogP contribution in [0.15, 0.2) is 24.3 Å². The van der Waals surface area contributed by atoms with Gasteiger partial charge < -0.3 is 9.64 Å². The Hall–Kier alpha value is -1.79. The van der Waals surface area contributed by atoms with Gasteiger partial charge in [0.2, 0.25) is 5.91 Å². The highest BCUT2D eigenvalue weighted by atomic mass is 35.5. The average molecular weight is 391 g/mol. The van der Waals surface area contributed by atoms with E-state index >= 15 is 0 Å². The summed E-state index contributed by atoms with van der Waals surface area (Å²) in [5, 5.41) is 1.50. The van der Waals surface area contributed by atoms with Gasteiger partial charge in [-0.15, -0.1) is 11.8 Å². The molecule has 7 heteroatoms. The molecule has 2 aliphatic rings. The van der Waals surface area contributed by atoms with Crippen LogP contribution in [-0.4, -0.2) is 38.4 Å². The molecule has 1 aromatic heterocycles. The van der Waals surface area contributed by atoms with Gasteiger partial charge in [-0.1, -0.05) is 29.8 Å². The maximum atomic E-state index is 12.6. The zero-order valence-electron chi connectivity index (χ0n) is 14.6. The Bertz CT molecular complexity index is 919. The Balaban J connectivity index is 1.53. The van der Waals surface area contributed by atoms with E-state index in [2.05, 4.69) is 4.98 Å². The Morgan fingerprint density at radius 3 is 3.04 bits per heavy atom. The van der Waals surface area contributed by atoms with Crippen LogP contribution < -0.4 is 0 Å². The van der Waals surface area contributed by atoms with Crippen LogP contribution in [0.2, 0.25) is 5.02 Å². The molecule has 26 heavy (non-hydrogen) atoms. The fourth-order valence-electron chi connectivity index (χ4n) is 3.74. The molecule has 3 heterocycles. The number of nitrogens with zero attached hydrogens (tertiary/aromatic N) is 2. The number of halogens is 1. The maximum absolute atomic E-state index is 12.6. The molecule has 0 aliphatic carbocycles. The molecule has 1 aromatic carbocycles. The second-order valence-electron chi connectivity index (χ2n) is 6.89. The summed E-state index contributed by atoms with van der Waals surface area (Å²) in [7, 11) is 0. The molecule has 0 N–H and O–H groups in total. The number of hydrogen-bond acceptors (Lipinski definition) is 5. The molecule has 2 saturated heterocycles. The fourth-order valence-corrected chi connectivity index (χ4v) is 5.36. The Labute approximate surface area is 161 Å². The van der Waals surface area contributed by atoms with E-state index in [0.29, 0.717) is 22.9 Å². The summed E-state index contributed by atoms with van der Waals surface area (Å²) in [6.07, 6.45) is 1.27. The number of carbonyl (C=O) groups excluding carboxylic acids is 2. The molecule has 4 rings (SSSR count). The number of ether oxygens (including phenoxy) is 1. The largest absolute Gasteiger partial charge is 0.458 e. The van der Waals surface area contributed by atoms with E-state index in [9.17, 15) is 9.59 Å². The lowest BCUT2D eigenvalue weighted by Crippen LogP contribution is -2.46. The van der Waals surface area contributed by atoms with Crippen molar-refractivity contribution in [3.8, 4) is 0 Å². The minimum Gasteiger partial charge on any atom is -0.458 e. The minimum atomic E-state index is -0.527. The molecule has 2 aromatic rings. The van der Waals surface area contributed by atoms with Crippen molar-refractivity contribution in [1.29, 1.82) is 0 Å². The van der Waals surface area contributed by atoms with Crippen LogP contribution in [0, 0.1) is 6.92 Å². The Kier molecular flexibility index (Phi) is 4.35. The highest BCUT2D eigenvalue weighted by Gasteiger charge is 2.53. The van der Waals surface area contributed by atoms with Crippen LogP contribution in [0.5, 0.6) is 0 Å². The van der Waals surface area contributed by atoms with Crippen LogP contribution in [0.25, 0.3) is 10.9 Å². The smallest absolute Gasteiger partial charge is 0.330 e. The monoisotopic (exact) mass is 390 g/mol. The molecule has 2 fully saturated rings. The number of aromatic nitrogens is 1. The molecular formula is C19H19ClN2O3S. The van der Waals surface area contributed by atoms with Crippen molar-refractivity contribution in [2.45, 2.75) is 44.2 Å². The molecule has 0 radical (unpaired) electrons. The number of carbonyl (C=O) groups is 2. The number of amides is 1. The zero-order valence-corrected chi connectivity index (χ0v) is 16.2. The highest BCUT2D eigenvalue weighted by molar-refractivity contribution is 8.01. The standard InChI is InChI=1S/C19H19ClN2O3S/c1-11-12-5-3-4-6-13(12)21-14(17(11)20)9-25-18(24)15-10-26-19(2)8-7-16(23)22(15)19/h3-6,15H,7-10H2,1-2H3/t15-,19+/m0/s1. The predicted octanol–water partition coefficient (Wildman–Crippen LogP) is 3.69. The molecule has 0 unspecified atom stereocenters. The first kappa shape index (κ1) is 17.6. The second kappa shape index (κ2) is 6.43. The number of para-hydroxylation sites is 1. The van der Waals surface area contributed by atoms with Gasteiger partial charge in [0.15, 0.2) is 0 Å². The molecule has 0 saturated carbocycles. The van der Waals surface area contributed by atoms with Crippen molar-refractivity contribution in [2.24, 2.45) is 0 Å². The summed E-state index contributed by atoms with van der Waals surface area (Å²) >= 11 is 8.07. The van der Waals surface area contributed by atoms with E-state index in [1.165, 1.54) is 0 Å². The third-order valence-corrected chi connectivity index (χ3v) is 7.22. The van der Waals surface area contributed by atoms with Crippen LogP contribution in [0.3, 0.4) is 0 Å². The van der Waals surface area contributed by atoms with Gasteiger partial charge >= 0.3 is 5.97 Å². The van der Waals surface area contributed by atoms with Gasteiger partial charge in [0.1, 0.15) is 12.6 Å². The number of rotatable bonds is 3. The summed E-state index contributed by atoms with van der Waals surface area (Å²) in [5.74, 6) is 0.205. The topological polar surface area (TPSA) is 59.5 Å². The summed E-state index contributed by atoms with van der Waals surface area (Å²) in [4.78, 5) is 30.7. The van der Waals surface area contributed by atoms with Crippen molar-refractivity contribution < 1.29 is 14.3 Å². The van der Waals surface area contributed by atoms with E-state index in [0.717, 1.165) is 22.9 Å². The van der Waals surface area contributed by atoms with Gasteiger partial charge in [-0.2, -0.15) is 0 Å². The van der Waals surface area contributed by atoms with E-state index < -0.39 is 6.04 Å². The van der Waals surface area contributed by atoms with Crippen molar-refractivity contribution in [3.05, 3.63) is 40.5 Å². The van der Waals surface area contributed by atoms with Crippen LogP contribution in [0.1, 0.15) is 31.0 Å². The number of thioether (sulfide) groups is 1. The normalized spacial score (nSPS) is 25.0. The lowest BCUT2D eigenvalue weighted by molar-refractivity contribution is -0.154. The van der Waals surface area contributed by atoms with Gasteiger partial charge in [-0.05, 0) is 31.9 Å². The Morgan fingerprint density at radius 1 is 1.46 bits per heavy atom. The van der Waals surface area contributed by atoms with Gasteiger partial charge in [-0.25, -0.2) is 9.78 Å². The quantitative estimate of drug-likeness (QED) is 0.748. The summed E-state index contributed by atoms with van der Waals surface area (Å²) in [6, 6.07) is 7.20. The molecule has 2 atom stereocenters. The van der Waals surface area contributed by atoms with Crippen LogP contribution in [-0.2, 0) is 20.9 Å². The first-order valence-electron chi connectivity index (χ1n) is 8.57. The summed E-state index contributed by atoms with van der Waals surface area (Å²) in [5.41, 5.74) is 2.28. The molecular weight excluding hydrogens is 372 g/mol. The predicted molar refractivity (Wildman–Crippen MR) is 102 cm³/mol. The maximum Gasteiger partial charge on any atom is 0.330 e. The van der Waals surface area contributed by atoms with Gasteiger partial charge in [-0.3, -0.25) is 4.79 Å². The van der Waals surface area contributed by atoms with E-state index in [1.807, 2.05) is 38.1 Å². The SMILES string of the molecule is Cc1c(Cl)c(COC(=O)[C@@H]2CS[C@]3(C)CCC(=O)N23)nc2ccccc12. The number of fused-ring (bicyclic) bond motifs is 2. The summed E-state index contributed by atoms with van der Waals surface area (Å²) < 4.78 is 5.51. The number of aryl methyl sites for hydroxylation is 1. The molecule has 0 spiro atoms. The molecule has 1 amide bonds. The molecule has 0 bridgehead atoms. The van der Waals surface area contributed by atoms with Crippen molar-refractivity contribution in [2.75, 3.05) is 5.75 Å². The first-order valence-corrected chi connectivity index (χ1v) is 9.93. The minimum absolute atomic E-state index is 0.00323. The lowest BCUT2D eigenvalue weighted by atomic mass is 10.1. The second-order valence-corrected chi connectivity index (χ2v) is 8.77. The third kappa shape index (κ3) is 2.76. The van der Waals surface area contributed by atoms with Gasteiger partial charge in [0.25, 0.3) is 0 Å². The summed E-state index contributed by atoms with van der Waals surface area (Å²) in [6.45, 7) is 3.95. The number of pyridine rings is 1. The van der Waals surface area contributed by atoms with Crippen molar-refractivity contribution in [3.63, 3.8) is 0 Å². The lowest BCUT2D eigenvalue weighted by Gasteiger charge is -2.29. The average Bonchev–Trinajstić information content (AvgIpc) is 3.13. The van der Waals surface area contributed by atoms with E-state index in [4.69, 9.17) is 16.3 Å². The van der Waals surface area contributed by atoms with Gasteiger partial charge in [0, 0.05) is 17.6 Å². The third-order valence-electron chi connectivity index (χ3n) is 5.21. The van der Waals surface area contributed by atoms with E-state index in [1.54, 1.807) is 16.7 Å². The zero-order chi connectivity index (χ0) is 18.5. The first-order chi connectivity index (χ1) is 12.4. The van der Waals surface area contributed by atoms with Crippen molar-refractivity contribution >= 4 is 46.1 Å². The molecule has 136 valence electrons. The Morgan fingerprint density at radius 2 is 2.23 bits per heavy atom. The van der Waals surface area contributed by atoms with Crippen LogP contribution >= 0.6 is 23.4 Å². The fraction of sp³-hybridized carbons (Fsp3) is 0.421. The number of hydrogen-bond donors (Lipinski definition) is 0. The highest BCUT2D eigenvalue weighted by Crippen LogP contribution is 2.47. The van der Waals surface area contributed by atoms with Crippen molar-refractivity contribution in [1.82, 2.24) is 9.88 Å². The van der Waals surface area contributed by atoms with E-state index in [-0.39, 0.29) is 23.4 Å². The number of benzene rings is 1. The number of esters is 1. The molecule has 5 nitrogen and oxygen atoms in total. The van der Waals surface area contributed by atoms with Crippen LogP contribution in [0.4, 0.5) is 0 Å². The van der Waals surface area contributed by atoms with Gasteiger partial charge in [0.05, 0.1) is 21.1 Å². The molecule has 2 aliphatic heterocycles.